The van der Waals surface area contributed by atoms with E-state index < -0.39 is 0 Å². The molecule has 0 aromatic heterocycles. The predicted octanol–water partition coefficient (Wildman–Crippen LogP) is 3.09. The van der Waals surface area contributed by atoms with Gasteiger partial charge in [0.25, 0.3) is 0 Å². The minimum Gasteiger partial charge on any atom is -0.487 e. The lowest BCUT2D eigenvalue weighted by Gasteiger charge is -2.07. The third kappa shape index (κ3) is 8.02. The average molecular weight is 236 g/mol. The molecule has 0 atom stereocenters. The Kier molecular flexibility index (Phi) is 7.43. The van der Waals surface area contributed by atoms with Crippen molar-refractivity contribution in [2.45, 2.75) is 20.8 Å². The molecular formula is C13H20N2O2. The Hall–Kier alpha value is -1.84. The Labute approximate surface area is 103 Å². The molecule has 0 bridgehead atoms. The fraction of sp³-hybridized carbons (Fsp3) is 0.385. The van der Waals surface area contributed by atoms with Crippen molar-refractivity contribution >= 4 is 11.6 Å². The van der Waals surface area contributed by atoms with Crippen molar-refractivity contribution in [3.63, 3.8) is 0 Å². The largest absolute Gasteiger partial charge is 0.487 e. The van der Waals surface area contributed by atoms with Gasteiger partial charge >= 0.3 is 0 Å². The van der Waals surface area contributed by atoms with E-state index in [-0.39, 0.29) is 6.61 Å². The van der Waals surface area contributed by atoms with Gasteiger partial charge in [0.15, 0.2) is 6.61 Å². The highest BCUT2D eigenvalue weighted by Crippen LogP contribution is 1.99. The lowest BCUT2D eigenvalue weighted by molar-refractivity contribution is 0.232. The van der Waals surface area contributed by atoms with Crippen LogP contribution in [0.15, 0.2) is 46.9 Å². The van der Waals surface area contributed by atoms with Gasteiger partial charge in [-0.1, -0.05) is 13.2 Å². The van der Waals surface area contributed by atoms with Gasteiger partial charge in [-0.25, -0.2) is 4.99 Å². The summed E-state index contributed by atoms with van der Waals surface area (Å²) in [5.74, 6) is 1.16. The summed E-state index contributed by atoms with van der Waals surface area (Å²) in [6, 6.07) is 0. The van der Waals surface area contributed by atoms with Crippen LogP contribution < -0.4 is 0 Å². The van der Waals surface area contributed by atoms with Crippen molar-refractivity contribution in [3.05, 3.63) is 36.9 Å². The molecule has 0 aliphatic rings. The summed E-state index contributed by atoms with van der Waals surface area (Å²) < 4.78 is 10.5. The number of hydrogen-bond donors (Lipinski definition) is 0. The molecule has 0 unspecified atom stereocenters. The highest BCUT2D eigenvalue weighted by Gasteiger charge is 1.99. The lowest BCUT2D eigenvalue weighted by atomic mass is 10.4. The maximum Gasteiger partial charge on any atom is 0.227 e. The Balaban J connectivity index is 4.36. The summed E-state index contributed by atoms with van der Waals surface area (Å²) in [7, 11) is 1.55. The molecule has 0 saturated carbocycles. The number of hydrogen-bond acceptors (Lipinski definition) is 4. The highest BCUT2D eigenvalue weighted by molar-refractivity contribution is 5.92. The van der Waals surface area contributed by atoms with Crippen molar-refractivity contribution in [3.8, 4) is 0 Å². The quantitative estimate of drug-likeness (QED) is 0.404. The summed E-state index contributed by atoms with van der Waals surface area (Å²) in [6.07, 6.45) is 3.30. The normalized spacial score (nSPS) is 13.3. The Morgan fingerprint density at radius 2 is 1.94 bits per heavy atom. The molecule has 0 amide bonds. The molecule has 0 aromatic rings. The van der Waals surface area contributed by atoms with E-state index in [9.17, 15) is 0 Å². The van der Waals surface area contributed by atoms with Crippen molar-refractivity contribution in [2.75, 3.05) is 13.7 Å². The van der Waals surface area contributed by atoms with E-state index in [4.69, 9.17) is 9.47 Å². The van der Waals surface area contributed by atoms with E-state index >= 15 is 0 Å². The number of nitrogens with zero attached hydrogens (tertiary/aromatic N) is 2. The number of aliphatic imine (C=N–C) groups is 2. The third-order valence-corrected chi connectivity index (χ3v) is 1.72. The molecule has 4 nitrogen and oxygen atoms in total. The number of methoxy groups -OCH3 is 1. The van der Waals surface area contributed by atoms with Crippen LogP contribution in [0.5, 0.6) is 0 Å². The van der Waals surface area contributed by atoms with Crippen LogP contribution in [-0.2, 0) is 9.47 Å². The van der Waals surface area contributed by atoms with Gasteiger partial charge < -0.3 is 9.47 Å². The van der Waals surface area contributed by atoms with E-state index in [1.807, 2.05) is 13.8 Å². The molecule has 0 saturated heterocycles. The fourth-order valence-corrected chi connectivity index (χ4v) is 0.808. The topological polar surface area (TPSA) is 43.2 Å². The molecule has 17 heavy (non-hydrogen) atoms. The molecule has 0 N–H and O–H groups in total. The lowest BCUT2D eigenvalue weighted by Crippen LogP contribution is -2.10. The first-order valence-electron chi connectivity index (χ1n) is 5.23. The van der Waals surface area contributed by atoms with E-state index in [2.05, 4.69) is 23.1 Å². The predicted molar refractivity (Wildman–Crippen MR) is 72.3 cm³/mol. The number of allylic oxidation sites excluding steroid dienone is 3. The van der Waals surface area contributed by atoms with Gasteiger partial charge in [-0.15, -0.1) is 0 Å². The molecule has 0 heterocycles. The molecule has 4 heteroatoms. The van der Waals surface area contributed by atoms with Gasteiger partial charge in [0.2, 0.25) is 5.90 Å². The molecule has 0 aliphatic heterocycles. The Morgan fingerprint density at radius 1 is 1.29 bits per heavy atom. The molecule has 0 fully saturated rings. The summed E-state index contributed by atoms with van der Waals surface area (Å²) in [4.78, 5) is 8.20. The van der Waals surface area contributed by atoms with Crippen LogP contribution in [0.4, 0.5) is 0 Å². The summed E-state index contributed by atoms with van der Waals surface area (Å²) in [5.41, 5.74) is 1.50. The fourth-order valence-electron chi connectivity index (χ4n) is 0.808. The van der Waals surface area contributed by atoms with Crippen molar-refractivity contribution < 1.29 is 9.47 Å². The van der Waals surface area contributed by atoms with Gasteiger partial charge in [-0.05, 0) is 26.8 Å². The van der Waals surface area contributed by atoms with Crippen molar-refractivity contribution in [2.24, 2.45) is 9.98 Å². The first-order valence-corrected chi connectivity index (χ1v) is 5.23. The minimum atomic E-state index is 0.258. The van der Waals surface area contributed by atoms with E-state index in [0.717, 1.165) is 5.71 Å². The highest BCUT2D eigenvalue weighted by atomic mass is 16.5. The van der Waals surface area contributed by atoms with Gasteiger partial charge in [0.1, 0.15) is 5.76 Å². The first-order chi connectivity index (χ1) is 7.99. The zero-order chi connectivity index (χ0) is 13.3. The number of rotatable bonds is 6. The van der Waals surface area contributed by atoms with Crippen LogP contribution in [0.3, 0.4) is 0 Å². The molecule has 0 rings (SSSR count). The molecule has 0 radical (unpaired) electrons. The van der Waals surface area contributed by atoms with Crippen LogP contribution in [-0.4, -0.2) is 25.3 Å². The zero-order valence-electron chi connectivity index (χ0n) is 11.0. The Morgan fingerprint density at radius 3 is 2.41 bits per heavy atom. The number of ether oxygens (including phenoxy) is 2. The van der Waals surface area contributed by atoms with E-state index in [1.54, 1.807) is 26.3 Å². The monoisotopic (exact) mass is 236 g/mol. The molecule has 0 aromatic carbocycles. The van der Waals surface area contributed by atoms with E-state index in [1.165, 1.54) is 0 Å². The maximum absolute atomic E-state index is 5.41. The van der Waals surface area contributed by atoms with Crippen LogP contribution in [0, 0.1) is 0 Å². The smallest absolute Gasteiger partial charge is 0.227 e. The SMILES string of the molecule is C=CC(C)=N/C=C(\C)OCC(=NC(=C)C)OC. The van der Waals surface area contributed by atoms with Crippen LogP contribution >= 0.6 is 0 Å². The van der Waals surface area contributed by atoms with Gasteiger partial charge in [-0.3, -0.25) is 4.99 Å². The Bertz CT molecular complexity index is 366. The second-order valence-electron chi connectivity index (χ2n) is 3.45. The molecule has 0 aliphatic carbocycles. The minimum absolute atomic E-state index is 0.258. The summed E-state index contributed by atoms with van der Waals surface area (Å²) in [6.45, 7) is 13.0. The van der Waals surface area contributed by atoms with E-state index in [0.29, 0.717) is 17.4 Å². The second-order valence-corrected chi connectivity index (χ2v) is 3.45. The van der Waals surface area contributed by atoms with Crippen LogP contribution in [0.1, 0.15) is 20.8 Å². The second kappa shape index (κ2) is 8.33. The summed E-state index contributed by atoms with van der Waals surface area (Å²) >= 11 is 0. The maximum atomic E-state index is 5.41. The van der Waals surface area contributed by atoms with Gasteiger partial charge in [0.05, 0.1) is 13.3 Å². The van der Waals surface area contributed by atoms with Crippen molar-refractivity contribution in [1.29, 1.82) is 0 Å². The van der Waals surface area contributed by atoms with Crippen LogP contribution in [0.2, 0.25) is 0 Å². The van der Waals surface area contributed by atoms with Gasteiger partial charge in [-0.2, -0.15) is 0 Å². The summed E-state index contributed by atoms with van der Waals surface area (Å²) in [5, 5.41) is 0. The average Bonchev–Trinajstić information content (AvgIpc) is 2.30. The van der Waals surface area contributed by atoms with Gasteiger partial charge in [0, 0.05) is 11.4 Å². The standard InChI is InChI=1S/C13H20N2O2/c1-7-11(4)14-8-12(5)17-9-13(16-6)15-10(2)3/h7-8H,1-2,9H2,3-6H3/b12-8+,14-11?,15-13?. The third-order valence-electron chi connectivity index (χ3n) is 1.72. The van der Waals surface area contributed by atoms with Crippen LogP contribution in [0.25, 0.3) is 0 Å². The first kappa shape index (κ1) is 15.2. The molecular weight excluding hydrogens is 216 g/mol. The zero-order valence-corrected chi connectivity index (χ0v) is 11.0. The molecule has 0 spiro atoms. The van der Waals surface area contributed by atoms with Crippen molar-refractivity contribution in [1.82, 2.24) is 0 Å². The molecule has 94 valence electrons.